The summed E-state index contributed by atoms with van der Waals surface area (Å²) >= 11 is 12.4. The van der Waals surface area contributed by atoms with Crippen molar-refractivity contribution >= 4 is 63.5 Å². The molecule has 2 aromatic carbocycles. The Balaban J connectivity index is 1.61. The van der Waals surface area contributed by atoms with Gasteiger partial charge < -0.3 is 5.32 Å². The van der Waals surface area contributed by atoms with E-state index in [9.17, 15) is 9.59 Å². The molecule has 138 valence electrons. The SMILES string of the molecule is Cc1ccccc1/C=C1\SC(=S)N(CCC(=O)Nc2ccc(Cl)cc2)C1=O. The highest BCUT2D eigenvalue weighted by Crippen LogP contribution is 2.33. The topological polar surface area (TPSA) is 49.4 Å². The molecule has 1 aliphatic heterocycles. The maximum absolute atomic E-state index is 12.6. The number of thiocarbonyl (C=S) groups is 1. The number of amides is 2. The first-order chi connectivity index (χ1) is 12.9. The number of halogens is 1. The molecule has 0 spiro atoms. The molecule has 7 heteroatoms. The summed E-state index contributed by atoms with van der Waals surface area (Å²) in [5.74, 6) is -0.346. The first-order valence-electron chi connectivity index (χ1n) is 8.30. The molecule has 2 aromatic rings. The number of thioether (sulfide) groups is 1. The van der Waals surface area contributed by atoms with Crippen molar-refractivity contribution in [3.8, 4) is 0 Å². The van der Waals surface area contributed by atoms with Gasteiger partial charge in [-0.2, -0.15) is 0 Å². The monoisotopic (exact) mass is 416 g/mol. The smallest absolute Gasteiger partial charge is 0.266 e. The molecule has 3 rings (SSSR count). The largest absolute Gasteiger partial charge is 0.326 e. The van der Waals surface area contributed by atoms with Crippen molar-refractivity contribution < 1.29 is 9.59 Å². The summed E-state index contributed by atoms with van der Waals surface area (Å²) in [6.45, 7) is 2.24. The van der Waals surface area contributed by atoms with Crippen molar-refractivity contribution in [1.82, 2.24) is 4.90 Å². The van der Waals surface area contributed by atoms with Crippen LogP contribution in [0.15, 0.2) is 53.4 Å². The third-order valence-corrected chi connectivity index (χ3v) is 5.67. The summed E-state index contributed by atoms with van der Waals surface area (Å²) in [6.07, 6.45) is 2.01. The van der Waals surface area contributed by atoms with Crippen LogP contribution in [0.4, 0.5) is 5.69 Å². The molecule has 0 aromatic heterocycles. The number of rotatable bonds is 5. The summed E-state index contributed by atoms with van der Waals surface area (Å²) in [5, 5.41) is 3.38. The molecule has 0 bridgehead atoms. The Kier molecular flexibility index (Phi) is 6.31. The molecule has 0 radical (unpaired) electrons. The van der Waals surface area contributed by atoms with Crippen molar-refractivity contribution in [2.24, 2.45) is 0 Å². The van der Waals surface area contributed by atoms with Gasteiger partial charge >= 0.3 is 0 Å². The molecule has 0 saturated carbocycles. The number of aryl methyl sites for hydroxylation is 1. The van der Waals surface area contributed by atoms with Crippen LogP contribution in [0, 0.1) is 6.92 Å². The van der Waals surface area contributed by atoms with Crippen molar-refractivity contribution in [3.63, 3.8) is 0 Å². The number of carbonyl (C=O) groups is 2. The molecule has 0 atom stereocenters. The van der Waals surface area contributed by atoms with E-state index in [0.29, 0.717) is 19.9 Å². The van der Waals surface area contributed by atoms with Crippen LogP contribution in [0.3, 0.4) is 0 Å². The van der Waals surface area contributed by atoms with Crippen LogP contribution in [0.2, 0.25) is 5.02 Å². The number of hydrogen-bond donors (Lipinski definition) is 1. The van der Waals surface area contributed by atoms with Crippen molar-refractivity contribution in [2.75, 3.05) is 11.9 Å². The van der Waals surface area contributed by atoms with Gasteiger partial charge in [-0.05, 0) is 48.4 Å². The molecule has 1 saturated heterocycles. The molecule has 1 aliphatic rings. The zero-order chi connectivity index (χ0) is 19.4. The van der Waals surface area contributed by atoms with E-state index in [0.717, 1.165) is 11.1 Å². The van der Waals surface area contributed by atoms with E-state index in [4.69, 9.17) is 23.8 Å². The van der Waals surface area contributed by atoms with Gasteiger partial charge in [-0.15, -0.1) is 0 Å². The number of anilines is 1. The maximum atomic E-state index is 12.6. The fourth-order valence-corrected chi connectivity index (χ4v) is 3.98. The van der Waals surface area contributed by atoms with Gasteiger partial charge in [-0.3, -0.25) is 14.5 Å². The predicted octanol–water partition coefficient (Wildman–Crippen LogP) is 4.88. The fraction of sp³-hybridized carbons (Fsp3) is 0.150. The minimum Gasteiger partial charge on any atom is -0.326 e. The normalized spacial score (nSPS) is 15.5. The molecule has 1 heterocycles. The van der Waals surface area contributed by atoms with Crippen LogP contribution in [-0.2, 0) is 9.59 Å². The minimum absolute atomic E-state index is 0.159. The van der Waals surface area contributed by atoms with Gasteiger partial charge in [0.15, 0.2) is 0 Å². The molecular weight excluding hydrogens is 400 g/mol. The lowest BCUT2D eigenvalue weighted by atomic mass is 10.1. The lowest BCUT2D eigenvalue weighted by Crippen LogP contribution is -2.31. The zero-order valence-electron chi connectivity index (χ0n) is 14.6. The Morgan fingerprint density at radius 1 is 1.22 bits per heavy atom. The van der Waals surface area contributed by atoms with E-state index in [1.165, 1.54) is 16.7 Å². The molecule has 27 heavy (non-hydrogen) atoms. The second-order valence-corrected chi connectivity index (χ2v) is 8.11. The predicted molar refractivity (Wildman–Crippen MR) is 116 cm³/mol. The number of nitrogens with one attached hydrogen (secondary N) is 1. The van der Waals surface area contributed by atoms with Gasteiger partial charge in [-0.1, -0.05) is 59.8 Å². The van der Waals surface area contributed by atoms with Crippen LogP contribution in [0.5, 0.6) is 0 Å². The maximum Gasteiger partial charge on any atom is 0.266 e. The summed E-state index contributed by atoms with van der Waals surface area (Å²) in [6, 6.07) is 14.7. The molecule has 4 nitrogen and oxygen atoms in total. The van der Waals surface area contributed by atoms with Gasteiger partial charge in [0.2, 0.25) is 5.91 Å². The van der Waals surface area contributed by atoms with Crippen molar-refractivity contribution in [1.29, 1.82) is 0 Å². The Morgan fingerprint density at radius 3 is 2.63 bits per heavy atom. The van der Waals surface area contributed by atoms with Crippen LogP contribution in [0.25, 0.3) is 6.08 Å². The Bertz CT molecular complexity index is 926. The zero-order valence-corrected chi connectivity index (χ0v) is 17.0. The van der Waals surface area contributed by atoms with Crippen LogP contribution < -0.4 is 5.32 Å². The fourth-order valence-electron chi connectivity index (χ4n) is 2.55. The van der Waals surface area contributed by atoms with E-state index in [-0.39, 0.29) is 24.8 Å². The molecule has 2 amide bonds. The van der Waals surface area contributed by atoms with Crippen molar-refractivity contribution in [2.45, 2.75) is 13.3 Å². The first-order valence-corrected chi connectivity index (χ1v) is 9.91. The van der Waals surface area contributed by atoms with Gasteiger partial charge in [-0.25, -0.2) is 0 Å². The van der Waals surface area contributed by atoms with Crippen LogP contribution in [0.1, 0.15) is 17.5 Å². The number of carbonyl (C=O) groups excluding carboxylic acids is 2. The summed E-state index contributed by atoms with van der Waals surface area (Å²) < 4.78 is 0.471. The first kappa shape index (κ1) is 19.6. The van der Waals surface area contributed by atoms with Gasteiger partial charge in [0, 0.05) is 23.7 Å². The highest BCUT2D eigenvalue weighted by Gasteiger charge is 2.32. The Labute approximate surface area is 172 Å². The van der Waals surface area contributed by atoms with Gasteiger partial charge in [0.05, 0.1) is 4.91 Å². The highest BCUT2D eigenvalue weighted by atomic mass is 35.5. The second kappa shape index (κ2) is 8.69. The quantitative estimate of drug-likeness (QED) is 0.557. The Hall–Kier alpha value is -2.15. The summed E-state index contributed by atoms with van der Waals surface area (Å²) in [5.41, 5.74) is 2.73. The lowest BCUT2D eigenvalue weighted by molar-refractivity contribution is -0.122. The standard InChI is InChI=1S/C20H17ClN2O2S2/c1-13-4-2-3-5-14(13)12-17-19(25)23(20(26)27-17)11-10-18(24)22-16-8-6-15(21)7-9-16/h2-9,12H,10-11H2,1H3,(H,22,24)/b17-12-. The van der Waals surface area contributed by atoms with Crippen molar-refractivity contribution in [3.05, 3.63) is 69.6 Å². The highest BCUT2D eigenvalue weighted by molar-refractivity contribution is 8.26. The van der Waals surface area contributed by atoms with E-state index < -0.39 is 0 Å². The van der Waals surface area contributed by atoms with Crippen LogP contribution >= 0.6 is 35.6 Å². The van der Waals surface area contributed by atoms with E-state index in [1.807, 2.05) is 37.3 Å². The molecule has 1 fully saturated rings. The van der Waals surface area contributed by atoms with Gasteiger partial charge in [0.1, 0.15) is 4.32 Å². The average Bonchev–Trinajstić information content (AvgIpc) is 2.90. The number of benzene rings is 2. The van der Waals surface area contributed by atoms with Crippen LogP contribution in [-0.4, -0.2) is 27.6 Å². The molecule has 0 unspecified atom stereocenters. The minimum atomic E-state index is -0.186. The summed E-state index contributed by atoms with van der Waals surface area (Å²) in [7, 11) is 0. The van der Waals surface area contributed by atoms with E-state index in [1.54, 1.807) is 24.3 Å². The molecular formula is C20H17ClN2O2S2. The number of nitrogens with zero attached hydrogens (tertiary/aromatic N) is 1. The second-order valence-electron chi connectivity index (χ2n) is 6.00. The number of hydrogen-bond acceptors (Lipinski definition) is 4. The molecule has 1 N–H and O–H groups in total. The Morgan fingerprint density at radius 2 is 1.93 bits per heavy atom. The van der Waals surface area contributed by atoms with Gasteiger partial charge in [0.25, 0.3) is 5.91 Å². The third kappa shape index (κ3) is 4.97. The molecule has 0 aliphatic carbocycles. The van der Waals surface area contributed by atoms with E-state index >= 15 is 0 Å². The third-order valence-electron chi connectivity index (χ3n) is 4.04. The summed E-state index contributed by atoms with van der Waals surface area (Å²) in [4.78, 5) is 26.8. The average molecular weight is 417 g/mol. The lowest BCUT2D eigenvalue weighted by Gasteiger charge is -2.14. The van der Waals surface area contributed by atoms with E-state index in [2.05, 4.69) is 5.32 Å².